The van der Waals surface area contributed by atoms with Crippen molar-refractivity contribution in [2.75, 3.05) is 5.73 Å². The van der Waals surface area contributed by atoms with Crippen LogP contribution in [0.1, 0.15) is 31.8 Å². The van der Waals surface area contributed by atoms with E-state index in [9.17, 15) is 9.59 Å². The number of benzene rings is 2. The number of anilines is 1. The molecule has 0 heterocycles. The maximum absolute atomic E-state index is 12.3. The van der Waals surface area contributed by atoms with Gasteiger partial charge in [0, 0.05) is 27.4 Å². The highest BCUT2D eigenvalue weighted by Crippen LogP contribution is 2.32. The van der Waals surface area contributed by atoms with Crippen LogP contribution in [0.15, 0.2) is 36.4 Å². The van der Waals surface area contributed by atoms with E-state index in [1.54, 1.807) is 24.3 Å². The van der Waals surface area contributed by atoms with Gasteiger partial charge in [-0.3, -0.25) is 9.59 Å². The van der Waals surface area contributed by atoms with Gasteiger partial charge in [0.05, 0.1) is 5.56 Å². The van der Waals surface area contributed by atoms with Gasteiger partial charge in [-0.1, -0.05) is 35.9 Å². The van der Waals surface area contributed by atoms with Gasteiger partial charge in [0.2, 0.25) is 0 Å². The smallest absolute Gasteiger partial charge is 0.196 e. The van der Waals surface area contributed by atoms with Crippen LogP contribution < -0.4 is 5.73 Å². The van der Waals surface area contributed by atoms with Crippen LogP contribution in [0.5, 0.6) is 0 Å². The number of ketones is 2. The second kappa shape index (κ2) is 3.68. The predicted molar refractivity (Wildman–Crippen MR) is 69.2 cm³/mol. The van der Waals surface area contributed by atoms with Crippen molar-refractivity contribution in [3.63, 3.8) is 0 Å². The predicted octanol–water partition coefficient (Wildman–Crippen LogP) is 2.70. The summed E-state index contributed by atoms with van der Waals surface area (Å²) in [6, 6.07) is 9.69. The zero-order chi connectivity index (χ0) is 12.9. The number of carbonyl (C=O) groups excluding carboxylic acids is 2. The van der Waals surface area contributed by atoms with Crippen LogP contribution in [-0.2, 0) is 0 Å². The Morgan fingerprint density at radius 2 is 1.50 bits per heavy atom. The number of fused-ring (bicyclic) bond motifs is 2. The SMILES string of the molecule is Nc1cc(Cl)cc2c1C(=O)c1ccccc1C2=O. The van der Waals surface area contributed by atoms with Gasteiger partial charge in [-0.05, 0) is 12.1 Å². The van der Waals surface area contributed by atoms with Crippen molar-refractivity contribution in [2.45, 2.75) is 0 Å². The lowest BCUT2D eigenvalue weighted by atomic mass is 9.83. The lowest BCUT2D eigenvalue weighted by Crippen LogP contribution is -2.22. The first-order chi connectivity index (χ1) is 8.59. The fourth-order valence-electron chi connectivity index (χ4n) is 2.22. The first kappa shape index (κ1) is 11.0. The molecule has 4 heteroatoms. The van der Waals surface area contributed by atoms with Crippen molar-refractivity contribution in [3.05, 3.63) is 63.7 Å². The third kappa shape index (κ3) is 1.38. The molecular formula is C14H8ClNO2. The van der Waals surface area contributed by atoms with Gasteiger partial charge in [-0.2, -0.15) is 0 Å². The van der Waals surface area contributed by atoms with E-state index in [0.29, 0.717) is 16.1 Å². The van der Waals surface area contributed by atoms with Gasteiger partial charge in [-0.15, -0.1) is 0 Å². The van der Waals surface area contributed by atoms with E-state index < -0.39 is 0 Å². The average molecular weight is 258 g/mol. The highest BCUT2D eigenvalue weighted by Gasteiger charge is 2.31. The fraction of sp³-hybridized carbons (Fsp3) is 0. The van der Waals surface area contributed by atoms with Gasteiger partial charge in [0.1, 0.15) is 0 Å². The van der Waals surface area contributed by atoms with Crippen LogP contribution in [0.3, 0.4) is 0 Å². The van der Waals surface area contributed by atoms with Gasteiger partial charge in [-0.25, -0.2) is 0 Å². The number of rotatable bonds is 0. The Balaban J connectivity index is 2.37. The molecule has 88 valence electrons. The zero-order valence-corrected chi connectivity index (χ0v) is 9.99. The van der Waals surface area contributed by atoms with Crippen LogP contribution in [0.2, 0.25) is 5.02 Å². The Hall–Kier alpha value is -2.13. The van der Waals surface area contributed by atoms with Crippen molar-refractivity contribution in [2.24, 2.45) is 0 Å². The van der Waals surface area contributed by atoms with E-state index in [0.717, 1.165) is 0 Å². The van der Waals surface area contributed by atoms with E-state index >= 15 is 0 Å². The number of nitrogens with two attached hydrogens (primary N) is 1. The second-order valence-electron chi connectivity index (χ2n) is 4.12. The van der Waals surface area contributed by atoms with Crippen LogP contribution in [0.4, 0.5) is 5.69 Å². The first-order valence-corrected chi connectivity index (χ1v) is 5.75. The molecule has 2 N–H and O–H groups in total. The number of halogens is 1. The van der Waals surface area contributed by atoms with Crippen LogP contribution in [0, 0.1) is 0 Å². The molecule has 3 nitrogen and oxygen atoms in total. The normalized spacial score (nSPS) is 13.2. The van der Waals surface area contributed by atoms with Crippen molar-refractivity contribution < 1.29 is 9.59 Å². The molecule has 0 spiro atoms. The molecule has 1 aliphatic carbocycles. The van der Waals surface area contributed by atoms with E-state index in [2.05, 4.69) is 0 Å². The molecule has 2 aromatic carbocycles. The number of carbonyl (C=O) groups is 2. The van der Waals surface area contributed by atoms with Crippen LogP contribution >= 0.6 is 11.6 Å². The highest BCUT2D eigenvalue weighted by atomic mass is 35.5. The molecule has 18 heavy (non-hydrogen) atoms. The lowest BCUT2D eigenvalue weighted by Gasteiger charge is -2.18. The summed E-state index contributed by atoms with van der Waals surface area (Å²) in [4.78, 5) is 24.6. The lowest BCUT2D eigenvalue weighted by molar-refractivity contribution is 0.0979. The minimum Gasteiger partial charge on any atom is -0.398 e. The first-order valence-electron chi connectivity index (χ1n) is 5.37. The summed E-state index contributed by atoms with van der Waals surface area (Å²) in [5.41, 5.74) is 7.36. The molecule has 2 aromatic rings. The zero-order valence-electron chi connectivity index (χ0n) is 9.24. The topological polar surface area (TPSA) is 60.2 Å². The molecule has 0 aromatic heterocycles. The van der Waals surface area contributed by atoms with E-state index in [1.807, 2.05) is 0 Å². The minimum absolute atomic E-state index is 0.214. The fourth-order valence-corrected chi connectivity index (χ4v) is 2.45. The Bertz CT molecular complexity index is 707. The standard InChI is InChI=1S/C14H8ClNO2/c15-7-5-10-12(11(16)6-7)14(18)9-4-2-1-3-8(9)13(10)17/h1-6H,16H2. The van der Waals surface area contributed by atoms with Crippen molar-refractivity contribution >= 4 is 28.9 Å². The summed E-state index contributed by atoms with van der Waals surface area (Å²) in [7, 11) is 0. The minimum atomic E-state index is -0.227. The largest absolute Gasteiger partial charge is 0.398 e. The third-order valence-electron chi connectivity index (χ3n) is 3.02. The van der Waals surface area contributed by atoms with Crippen LogP contribution in [0.25, 0.3) is 0 Å². The van der Waals surface area contributed by atoms with Crippen LogP contribution in [-0.4, -0.2) is 11.6 Å². The van der Waals surface area contributed by atoms with E-state index in [4.69, 9.17) is 17.3 Å². The molecule has 0 unspecified atom stereocenters. The summed E-state index contributed by atoms with van der Waals surface area (Å²) >= 11 is 5.88. The molecule has 0 saturated heterocycles. The average Bonchev–Trinajstić information content (AvgIpc) is 2.35. The monoisotopic (exact) mass is 257 g/mol. The van der Waals surface area contributed by atoms with E-state index in [1.165, 1.54) is 12.1 Å². The molecule has 0 aliphatic heterocycles. The number of hydrogen-bond donors (Lipinski definition) is 1. The second-order valence-corrected chi connectivity index (χ2v) is 4.56. The van der Waals surface area contributed by atoms with E-state index in [-0.39, 0.29) is 28.4 Å². The van der Waals surface area contributed by atoms with Gasteiger partial charge in [0.25, 0.3) is 0 Å². The molecule has 0 atom stereocenters. The maximum atomic E-state index is 12.3. The molecular weight excluding hydrogens is 250 g/mol. The maximum Gasteiger partial charge on any atom is 0.196 e. The third-order valence-corrected chi connectivity index (χ3v) is 3.24. The summed E-state index contributed by atoms with van der Waals surface area (Å²) in [5, 5.41) is 0.354. The molecule has 0 radical (unpaired) electrons. The van der Waals surface area contributed by atoms with Crippen molar-refractivity contribution in [3.8, 4) is 0 Å². The molecule has 1 aliphatic rings. The summed E-state index contributed by atoms with van der Waals surface area (Å²) in [6.07, 6.45) is 0. The summed E-state index contributed by atoms with van der Waals surface area (Å²) in [5.74, 6) is -0.441. The number of hydrogen-bond acceptors (Lipinski definition) is 3. The Labute approximate surface area is 108 Å². The van der Waals surface area contributed by atoms with Gasteiger partial charge < -0.3 is 5.73 Å². The summed E-state index contributed by atoms with van der Waals surface area (Å²) < 4.78 is 0. The number of nitrogen functional groups attached to an aromatic ring is 1. The molecule has 0 amide bonds. The Morgan fingerprint density at radius 1 is 0.889 bits per heavy atom. The summed E-state index contributed by atoms with van der Waals surface area (Å²) in [6.45, 7) is 0. The molecule has 0 fully saturated rings. The van der Waals surface area contributed by atoms with Gasteiger partial charge >= 0.3 is 0 Å². The Kier molecular flexibility index (Phi) is 2.25. The van der Waals surface area contributed by atoms with Crippen molar-refractivity contribution in [1.29, 1.82) is 0 Å². The highest BCUT2D eigenvalue weighted by molar-refractivity contribution is 6.34. The molecule has 0 saturated carbocycles. The van der Waals surface area contributed by atoms with Crippen molar-refractivity contribution in [1.82, 2.24) is 0 Å². The molecule has 3 rings (SSSR count). The van der Waals surface area contributed by atoms with Gasteiger partial charge in [0.15, 0.2) is 11.6 Å². The Morgan fingerprint density at radius 3 is 2.17 bits per heavy atom. The molecule has 0 bridgehead atoms. The quantitative estimate of drug-likeness (QED) is 0.630.